The molecule has 0 atom stereocenters. The summed E-state index contributed by atoms with van der Waals surface area (Å²) in [5.74, 6) is 0. The number of hydrogen-bond donors (Lipinski definition) is 0. The molecule has 0 unspecified atom stereocenters. The largest absolute Gasteiger partial charge is 0.346 e. The van der Waals surface area contributed by atoms with E-state index < -0.39 is 0 Å². The van der Waals surface area contributed by atoms with E-state index in [9.17, 15) is 0 Å². The lowest BCUT2D eigenvalue weighted by atomic mass is 9.98. The Morgan fingerprint density at radius 3 is 2.60 bits per heavy atom. The Kier molecular flexibility index (Phi) is 3.86. The molecule has 25 heavy (non-hydrogen) atoms. The maximum absolute atomic E-state index is 2.59. The highest BCUT2D eigenvalue weighted by atomic mass is 15.2. The first-order valence-electron chi connectivity index (χ1n) is 9.81. The van der Waals surface area contributed by atoms with Crippen LogP contribution >= 0.6 is 0 Å². The van der Waals surface area contributed by atoms with E-state index in [2.05, 4.69) is 58.1 Å². The lowest BCUT2D eigenvalue weighted by Gasteiger charge is -2.15. The second-order valence-corrected chi connectivity index (χ2v) is 7.63. The highest BCUT2D eigenvalue weighted by molar-refractivity contribution is 5.95. The van der Waals surface area contributed by atoms with Crippen LogP contribution in [-0.4, -0.2) is 29.1 Å². The van der Waals surface area contributed by atoms with Gasteiger partial charge in [-0.2, -0.15) is 0 Å². The molecular formula is C23H26N2. The van der Waals surface area contributed by atoms with E-state index in [0.717, 1.165) is 6.54 Å². The summed E-state index contributed by atoms with van der Waals surface area (Å²) < 4.78 is 2.44. The Balaban J connectivity index is 1.47. The van der Waals surface area contributed by atoms with Crippen molar-refractivity contribution < 1.29 is 0 Å². The smallest absolute Gasteiger partial charge is 0.0486 e. The third-order valence-corrected chi connectivity index (χ3v) is 6.08. The van der Waals surface area contributed by atoms with Crippen molar-refractivity contribution in [2.24, 2.45) is 0 Å². The molecule has 0 amide bonds. The molecule has 128 valence electrons. The van der Waals surface area contributed by atoms with Crippen molar-refractivity contribution in [3.63, 3.8) is 0 Å². The highest BCUT2D eigenvalue weighted by Crippen LogP contribution is 2.33. The molecule has 3 aromatic rings. The molecule has 1 aromatic heterocycles. The summed E-state index contributed by atoms with van der Waals surface area (Å²) >= 11 is 0. The average molecular weight is 330 g/mol. The average Bonchev–Trinajstić information content (AvgIpc) is 3.39. The monoisotopic (exact) mass is 330 g/mol. The number of likely N-dealkylation sites (tertiary alicyclic amines) is 1. The number of rotatable bonds is 4. The summed E-state index contributed by atoms with van der Waals surface area (Å²) in [6.45, 7) is 4.82. The van der Waals surface area contributed by atoms with Crippen LogP contribution in [0, 0.1) is 0 Å². The molecule has 0 saturated carbocycles. The maximum Gasteiger partial charge on any atom is 0.0486 e. The molecule has 0 radical (unpaired) electrons. The molecular weight excluding hydrogens is 304 g/mol. The normalized spacial score (nSPS) is 17.4. The van der Waals surface area contributed by atoms with Crippen LogP contribution < -0.4 is 0 Å². The second-order valence-electron chi connectivity index (χ2n) is 7.63. The molecule has 0 N–H and O–H groups in total. The molecule has 1 aliphatic carbocycles. The number of nitrogens with zero attached hydrogens (tertiary/aromatic N) is 2. The van der Waals surface area contributed by atoms with Crippen LogP contribution in [0.5, 0.6) is 0 Å². The van der Waals surface area contributed by atoms with Crippen molar-refractivity contribution in [2.75, 3.05) is 19.6 Å². The lowest BCUT2D eigenvalue weighted by Crippen LogP contribution is -2.23. The van der Waals surface area contributed by atoms with Gasteiger partial charge in [-0.1, -0.05) is 30.3 Å². The van der Waals surface area contributed by atoms with Gasteiger partial charge in [-0.15, -0.1) is 0 Å². The fourth-order valence-electron chi connectivity index (χ4n) is 4.66. The molecule has 2 heteroatoms. The highest BCUT2D eigenvalue weighted by Gasteiger charge is 2.14. The predicted octanol–water partition coefficient (Wildman–Crippen LogP) is 4.89. The Bertz CT molecular complexity index is 900. The van der Waals surface area contributed by atoms with Crippen LogP contribution in [0.15, 0.2) is 48.7 Å². The number of hydrogen-bond acceptors (Lipinski definition) is 1. The Hall–Kier alpha value is -2.06. The maximum atomic E-state index is 2.59. The van der Waals surface area contributed by atoms with Gasteiger partial charge in [0.15, 0.2) is 0 Å². The van der Waals surface area contributed by atoms with Gasteiger partial charge < -0.3 is 9.47 Å². The minimum Gasteiger partial charge on any atom is -0.346 e. The van der Waals surface area contributed by atoms with Crippen molar-refractivity contribution >= 4 is 10.9 Å². The number of benzene rings is 2. The van der Waals surface area contributed by atoms with Crippen molar-refractivity contribution in [2.45, 2.75) is 38.6 Å². The summed E-state index contributed by atoms with van der Waals surface area (Å²) in [4.78, 5) is 2.59. The van der Waals surface area contributed by atoms with Gasteiger partial charge in [0.2, 0.25) is 0 Å². The van der Waals surface area contributed by atoms with Crippen LogP contribution in [0.4, 0.5) is 0 Å². The van der Waals surface area contributed by atoms with Crippen molar-refractivity contribution in [1.29, 1.82) is 0 Å². The van der Waals surface area contributed by atoms with E-state index in [4.69, 9.17) is 0 Å². The summed E-state index contributed by atoms with van der Waals surface area (Å²) in [5.41, 5.74) is 7.25. The first-order chi connectivity index (χ1) is 12.4. The number of aryl methyl sites for hydroxylation is 2. The van der Waals surface area contributed by atoms with E-state index in [1.807, 2.05) is 0 Å². The summed E-state index contributed by atoms with van der Waals surface area (Å²) in [5, 5.41) is 1.39. The molecule has 2 nitrogen and oxygen atoms in total. The second kappa shape index (κ2) is 6.34. The molecule has 2 heterocycles. The van der Waals surface area contributed by atoms with Gasteiger partial charge in [0.25, 0.3) is 0 Å². The van der Waals surface area contributed by atoms with Crippen LogP contribution in [0.3, 0.4) is 0 Å². The van der Waals surface area contributed by atoms with Gasteiger partial charge in [-0.05, 0) is 79.6 Å². The fourth-order valence-corrected chi connectivity index (χ4v) is 4.66. The zero-order valence-corrected chi connectivity index (χ0v) is 14.9. The minimum atomic E-state index is 1.09. The summed E-state index contributed by atoms with van der Waals surface area (Å²) in [6, 6.07) is 16.2. The minimum absolute atomic E-state index is 1.09. The van der Waals surface area contributed by atoms with Crippen molar-refractivity contribution in [3.05, 3.63) is 59.8 Å². The van der Waals surface area contributed by atoms with E-state index in [-0.39, 0.29) is 0 Å². The molecule has 5 rings (SSSR count). The van der Waals surface area contributed by atoms with Crippen LogP contribution in [0.1, 0.15) is 30.4 Å². The Morgan fingerprint density at radius 2 is 1.68 bits per heavy atom. The SMILES string of the molecule is c1cc(-c2ccc3c(c2)CCC3)c2ccn(CCN3CCCC3)c2c1. The standard InChI is InChI=1S/C23H26N2/c1-2-13-24(12-1)15-16-25-14-11-22-21(7-4-8-23(22)25)20-10-9-18-5-3-6-19(18)17-20/h4,7-11,14,17H,1-3,5-6,12-13,15-16H2. The lowest BCUT2D eigenvalue weighted by molar-refractivity contribution is 0.324. The Labute approximate surface area is 150 Å². The zero-order valence-electron chi connectivity index (χ0n) is 14.9. The fraction of sp³-hybridized carbons (Fsp3) is 0.391. The first-order valence-corrected chi connectivity index (χ1v) is 9.81. The van der Waals surface area contributed by atoms with E-state index in [1.165, 1.54) is 73.8 Å². The zero-order chi connectivity index (χ0) is 16.6. The molecule has 2 aromatic carbocycles. The molecule has 2 aliphatic rings. The van der Waals surface area contributed by atoms with Crippen molar-refractivity contribution in [1.82, 2.24) is 9.47 Å². The van der Waals surface area contributed by atoms with Gasteiger partial charge in [0, 0.05) is 30.2 Å². The topological polar surface area (TPSA) is 8.17 Å². The van der Waals surface area contributed by atoms with Crippen molar-refractivity contribution in [3.8, 4) is 11.1 Å². The third kappa shape index (κ3) is 2.79. The summed E-state index contributed by atoms with van der Waals surface area (Å²) in [6.07, 6.45) is 8.83. The molecule has 1 fully saturated rings. The molecule has 0 bridgehead atoms. The molecule has 1 saturated heterocycles. The quantitative estimate of drug-likeness (QED) is 0.661. The van der Waals surface area contributed by atoms with E-state index in [0.29, 0.717) is 0 Å². The van der Waals surface area contributed by atoms with Gasteiger partial charge in [0.05, 0.1) is 0 Å². The summed E-state index contributed by atoms with van der Waals surface area (Å²) in [7, 11) is 0. The van der Waals surface area contributed by atoms with E-state index in [1.54, 1.807) is 11.1 Å². The predicted molar refractivity (Wildman–Crippen MR) is 105 cm³/mol. The van der Waals surface area contributed by atoms with Gasteiger partial charge in [0.1, 0.15) is 0 Å². The van der Waals surface area contributed by atoms with Gasteiger partial charge in [-0.25, -0.2) is 0 Å². The van der Waals surface area contributed by atoms with E-state index >= 15 is 0 Å². The van der Waals surface area contributed by atoms with Gasteiger partial charge in [-0.3, -0.25) is 0 Å². The Morgan fingerprint density at radius 1 is 0.800 bits per heavy atom. The first kappa shape index (κ1) is 15.2. The third-order valence-electron chi connectivity index (χ3n) is 6.08. The van der Waals surface area contributed by atoms with Crippen LogP contribution in [0.25, 0.3) is 22.0 Å². The van der Waals surface area contributed by atoms with Gasteiger partial charge >= 0.3 is 0 Å². The number of aromatic nitrogens is 1. The van der Waals surface area contributed by atoms with Crippen LogP contribution in [0.2, 0.25) is 0 Å². The molecule has 0 spiro atoms. The number of fused-ring (bicyclic) bond motifs is 2. The molecule has 1 aliphatic heterocycles. The van der Waals surface area contributed by atoms with Crippen LogP contribution in [-0.2, 0) is 19.4 Å².